The number of primary sulfonamides is 1. The van der Waals surface area contributed by atoms with Gasteiger partial charge in [0.25, 0.3) is 5.91 Å². The lowest BCUT2D eigenvalue weighted by atomic mass is 10.0. The molecule has 3 N–H and O–H groups in total. The molecule has 3 rings (SSSR count). The predicted molar refractivity (Wildman–Crippen MR) is 112 cm³/mol. The van der Waals surface area contributed by atoms with Gasteiger partial charge in [-0.3, -0.25) is 4.79 Å². The number of anilines is 1. The first-order valence-electron chi connectivity index (χ1n) is 9.51. The average molecular weight is 448 g/mol. The van der Waals surface area contributed by atoms with E-state index >= 15 is 0 Å². The molecule has 166 valence electrons. The lowest BCUT2D eigenvalue weighted by molar-refractivity contribution is -0.155. The van der Waals surface area contributed by atoms with Crippen LogP contribution in [0.2, 0.25) is 0 Å². The lowest BCUT2D eigenvalue weighted by Crippen LogP contribution is -2.31. The van der Waals surface area contributed by atoms with Crippen LogP contribution < -0.4 is 19.9 Å². The van der Waals surface area contributed by atoms with Gasteiger partial charge in [0.2, 0.25) is 10.0 Å². The van der Waals surface area contributed by atoms with Gasteiger partial charge >= 0.3 is 5.97 Å². The van der Waals surface area contributed by atoms with Crippen molar-refractivity contribution >= 4 is 27.6 Å². The largest absolute Gasteiger partial charge is 0.483 e. The summed E-state index contributed by atoms with van der Waals surface area (Å²) in [5.41, 5.74) is 0.981. The fraction of sp³-hybridized carbons (Fsp3) is 0.333. The highest BCUT2D eigenvalue weighted by atomic mass is 32.2. The van der Waals surface area contributed by atoms with Gasteiger partial charge in [0, 0.05) is 17.7 Å². The number of rotatable bonds is 7. The smallest absolute Gasteiger partial charge is 0.344 e. The van der Waals surface area contributed by atoms with Crippen LogP contribution in [0.5, 0.6) is 11.5 Å². The van der Waals surface area contributed by atoms with Gasteiger partial charge < -0.3 is 19.5 Å². The van der Waals surface area contributed by atoms with E-state index in [0.717, 1.165) is 12.0 Å². The number of ether oxygens (including phenoxy) is 3. The summed E-state index contributed by atoms with van der Waals surface area (Å²) in [4.78, 5) is 24.3. The fourth-order valence-electron chi connectivity index (χ4n) is 3.09. The number of esters is 1. The molecular formula is C21H24N2O7S. The summed E-state index contributed by atoms with van der Waals surface area (Å²) in [6, 6.07) is 10.8. The van der Waals surface area contributed by atoms with Crippen molar-refractivity contribution in [3.63, 3.8) is 0 Å². The third-order valence-electron chi connectivity index (χ3n) is 4.53. The van der Waals surface area contributed by atoms with Crippen molar-refractivity contribution in [2.24, 2.45) is 5.14 Å². The highest BCUT2D eigenvalue weighted by Gasteiger charge is 2.32. The van der Waals surface area contributed by atoms with E-state index in [4.69, 9.17) is 19.3 Å². The molecule has 1 heterocycles. The first kappa shape index (κ1) is 22.6. The molecule has 2 aromatic rings. The Morgan fingerprint density at radius 1 is 1.19 bits per heavy atom. The zero-order valence-corrected chi connectivity index (χ0v) is 18.2. The topological polar surface area (TPSA) is 134 Å². The molecule has 10 heteroatoms. The van der Waals surface area contributed by atoms with Crippen LogP contribution >= 0.6 is 0 Å². The molecule has 0 radical (unpaired) electrons. The Kier molecular flexibility index (Phi) is 6.23. The predicted octanol–water partition coefficient (Wildman–Crippen LogP) is 2.00. The molecule has 1 atom stereocenters. The van der Waals surface area contributed by atoms with E-state index < -0.39 is 28.0 Å². The summed E-state index contributed by atoms with van der Waals surface area (Å²) in [6.07, 6.45) is -0.356. The maximum atomic E-state index is 12.2. The molecule has 1 amide bonds. The third kappa shape index (κ3) is 5.74. The molecule has 0 saturated carbocycles. The normalized spacial score (nSPS) is 15.4. The zero-order chi connectivity index (χ0) is 22.8. The SMILES string of the molecule is C[C@H](OC(=O)COc1cccc2c1OC(C)(C)C2)C(=O)Nc1ccc(S(N)(=O)=O)cc1. The first-order valence-corrected chi connectivity index (χ1v) is 11.1. The average Bonchev–Trinajstić information content (AvgIpc) is 3.00. The number of benzene rings is 2. The molecule has 0 aliphatic carbocycles. The second-order valence-electron chi connectivity index (χ2n) is 7.76. The maximum absolute atomic E-state index is 12.2. The monoisotopic (exact) mass is 448 g/mol. The van der Waals surface area contributed by atoms with Crippen LogP contribution in [0.4, 0.5) is 5.69 Å². The van der Waals surface area contributed by atoms with Crippen molar-refractivity contribution in [3.05, 3.63) is 48.0 Å². The number of sulfonamides is 1. The highest BCUT2D eigenvalue weighted by Crippen LogP contribution is 2.41. The lowest BCUT2D eigenvalue weighted by Gasteiger charge is -2.18. The Morgan fingerprint density at radius 3 is 2.52 bits per heavy atom. The number of amides is 1. The molecule has 31 heavy (non-hydrogen) atoms. The molecule has 2 aromatic carbocycles. The van der Waals surface area contributed by atoms with Crippen LogP contribution in [0.3, 0.4) is 0 Å². The number of fused-ring (bicyclic) bond motifs is 1. The molecule has 0 fully saturated rings. The van der Waals surface area contributed by atoms with E-state index in [2.05, 4.69) is 5.32 Å². The highest BCUT2D eigenvalue weighted by molar-refractivity contribution is 7.89. The van der Waals surface area contributed by atoms with Crippen LogP contribution in [-0.4, -0.2) is 38.6 Å². The minimum Gasteiger partial charge on any atom is -0.483 e. The van der Waals surface area contributed by atoms with Crippen molar-refractivity contribution < 1.29 is 32.2 Å². The summed E-state index contributed by atoms with van der Waals surface area (Å²) in [6.45, 7) is 4.96. The number of hydrogen-bond donors (Lipinski definition) is 2. The Morgan fingerprint density at radius 2 is 1.87 bits per heavy atom. The number of nitrogens with two attached hydrogens (primary N) is 1. The first-order chi connectivity index (χ1) is 14.4. The standard InChI is InChI=1S/C21H24N2O7S/c1-13(20(25)23-15-7-9-16(10-8-15)31(22,26)27)29-18(24)12-28-17-6-4-5-14-11-21(2,3)30-19(14)17/h4-10,13H,11-12H2,1-3H3,(H,23,25)(H2,22,26,27)/t13-/m0/s1. The Hall–Kier alpha value is -3.11. The zero-order valence-electron chi connectivity index (χ0n) is 17.4. The van der Waals surface area contributed by atoms with Crippen LogP contribution in [0.25, 0.3) is 0 Å². The van der Waals surface area contributed by atoms with Crippen molar-refractivity contribution in [3.8, 4) is 11.5 Å². The van der Waals surface area contributed by atoms with Crippen molar-refractivity contribution in [2.45, 2.75) is 43.8 Å². The Labute approximate surface area is 180 Å². The number of nitrogens with one attached hydrogen (secondary N) is 1. The van der Waals surface area contributed by atoms with Crippen LogP contribution in [0, 0.1) is 0 Å². The summed E-state index contributed by atoms with van der Waals surface area (Å²) in [5.74, 6) is -0.259. The van der Waals surface area contributed by atoms with E-state index in [1.807, 2.05) is 26.0 Å². The van der Waals surface area contributed by atoms with Crippen molar-refractivity contribution in [1.82, 2.24) is 0 Å². The Balaban J connectivity index is 1.52. The number of carbonyl (C=O) groups is 2. The molecule has 0 bridgehead atoms. The second-order valence-corrected chi connectivity index (χ2v) is 9.32. The van der Waals surface area contributed by atoms with Crippen molar-refractivity contribution in [2.75, 3.05) is 11.9 Å². The second kappa shape index (κ2) is 8.56. The number of carbonyl (C=O) groups excluding carboxylic acids is 2. The molecule has 0 saturated heterocycles. The summed E-state index contributed by atoms with van der Waals surface area (Å²) >= 11 is 0. The van der Waals surface area contributed by atoms with Crippen LogP contribution in [-0.2, 0) is 30.8 Å². The molecule has 9 nitrogen and oxygen atoms in total. The van der Waals surface area contributed by atoms with E-state index in [0.29, 0.717) is 17.2 Å². The van der Waals surface area contributed by atoms with Gasteiger partial charge in [-0.1, -0.05) is 12.1 Å². The molecule has 1 aliphatic rings. The van der Waals surface area contributed by atoms with Gasteiger partial charge in [0.15, 0.2) is 24.2 Å². The minimum atomic E-state index is -3.82. The molecular weight excluding hydrogens is 424 g/mol. The third-order valence-corrected chi connectivity index (χ3v) is 5.46. The summed E-state index contributed by atoms with van der Waals surface area (Å²) in [7, 11) is -3.82. The van der Waals surface area contributed by atoms with Crippen LogP contribution in [0.15, 0.2) is 47.4 Å². The molecule has 0 aromatic heterocycles. The molecule has 0 unspecified atom stereocenters. The van der Waals surface area contributed by atoms with Gasteiger partial charge in [-0.05, 0) is 51.1 Å². The van der Waals surface area contributed by atoms with Crippen molar-refractivity contribution in [1.29, 1.82) is 0 Å². The summed E-state index contributed by atoms with van der Waals surface area (Å²) in [5, 5.41) is 7.56. The minimum absolute atomic E-state index is 0.0816. The van der Waals surface area contributed by atoms with E-state index in [9.17, 15) is 18.0 Å². The van der Waals surface area contributed by atoms with E-state index in [1.165, 1.54) is 31.2 Å². The molecule has 1 aliphatic heterocycles. The number of para-hydroxylation sites is 1. The van der Waals surface area contributed by atoms with Gasteiger partial charge in [-0.2, -0.15) is 0 Å². The van der Waals surface area contributed by atoms with Crippen LogP contribution in [0.1, 0.15) is 26.3 Å². The Bertz CT molecular complexity index is 1100. The maximum Gasteiger partial charge on any atom is 0.344 e. The fourth-order valence-corrected chi connectivity index (χ4v) is 3.61. The van der Waals surface area contributed by atoms with E-state index in [1.54, 1.807) is 6.07 Å². The quantitative estimate of drug-likeness (QED) is 0.619. The summed E-state index contributed by atoms with van der Waals surface area (Å²) < 4.78 is 39.1. The van der Waals surface area contributed by atoms with E-state index in [-0.39, 0.29) is 17.1 Å². The van der Waals surface area contributed by atoms with Gasteiger partial charge in [-0.25, -0.2) is 18.4 Å². The molecule has 0 spiro atoms. The number of hydrogen-bond acceptors (Lipinski definition) is 7. The van der Waals surface area contributed by atoms with Gasteiger partial charge in [0.1, 0.15) is 5.60 Å². The van der Waals surface area contributed by atoms with Gasteiger partial charge in [-0.15, -0.1) is 0 Å². The van der Waals surface area contributed by atoms with Gasteiger partial charge in [0.05, 0.1) is 4.90 Å².